The summed E-state index contributed by atoms with van der Waals surface area (Å²) in [6, 6.07) is 7.36. The first-order chi connectivity index (χ1) is 10.3. The van der Waals surface area contributed by atoms with E-state index in [-0.39, 0.29) is 0 Å². The van der Waals surface area contributed by atoms with Gasteiger partial charge in [0.2, 0.25) is 4.96 Å². The van der Waals surface area contributed by atoms with E-state index in [2.05, 4.69) is 15.3 Å². The van der Waals surface area contributed by atoms with Gasteiger partial charge in [0.15, 0.2) is 10.8 Å². The second kappa shape index (κ2) is 5.00. The van der Waals surface area contributed by atoms with Crippen molar-refractivity contribution in [3.63, 3.8) is 0 Å². The molecule has 0 spiro atoms. The van der Waals surface area contributed by atoms with E-state index in [4.69, 9.17) is 10.5 Å². The Morgan fingerprint density at radius 3 is 2.76 bits per heavy atom. The molecular formula is C14H15N5OS. The number of rotatable bonds is 4. The lowest BCUT2D eigenvalue weighted by atomic mass is 9.85. The molecular weight excluding hydrogens is 286 g/mol. The van der Waals surface area contributed by atoms with Crippen molar-refractivity contribution in [2.75, 3.05) is 5.73 Å². The number of hydrogen-bond donors (Lipinski definition) is 1. The summed E-state index contributed by atoms with van der Waals surface area (Å²) in [5.74, 6) is 2.30. The van der Waals surface area contributed by atoms with Crippen molar-refractivity contribution in [2.45, 2.75) is 31.8 Å². The fourth-order valence-corrected chi connectivity index (χ4v) is 3.11. The number of ether oxygens (including phenoxy) is 1. The molecule has 2 heterocycles. The number of anilines is 1. The highest BCUT2D eigenvalue weighted by molar-refractivity contribution is 7.16. The van der Waals surface area contributed by atoms with Gasteiger partial charge in [0.05, 0.1) is 0 Å². The highest BCUT2D eigenvalue weighted by Crippen LogP contribution is 2.35. The normalized spacial score (nSPS) is 15.2. The van der Waals surface area contributed by atoms with Gasteiger partial charge in [-0.3, -0.25) is 0 Å². The Labute approximate surface area is 125 Å². The van der Waals surface area contributed by atoms with Gasteiger partial charge < -0.3 is 10.5 Å². The molecule has 0 unspecified atom stereocenters. The minimum absolute atomic E-state index is 0.433. The topological polar surface area (TPSA) is 78.3 Å². The van der Waals surface area contributed by atoms with Crippen LogP contribution < -0.4 is 10.5 Å². The lowest BCUT2D eigenvalue weighted by Gasteiger charge is -2.22. The summed E-state index contributed by atoms with van der Waals surface area (Å²) in [6.07, 6.45) is 3.65. The van der Waals surface area contributed by atoms with E-state index in [0.29, 0.717) is 12.5 Å². The first kappa shape index (κ1) is 12.6. The average Bonchev–Trinajstić information content (AvgIpc) is 2.98. The fourth-order valence-electron chi connectivity index (χ4n) is 2.36. The third-order valence-corrected chi connectivity index (χ3v) is 4.64. The molecule has 3 aromatic rings. The Bertz CT molecular complexity index is 759. The molecule has 0 aliphatic heterocycles. The molecule has 1 aliphatic rings. The minimum atomic E-state index is 0.433. The zero-order valence-electron chi connectivity index (χ0n) is 11.4. The molecule has 6 nitrogen and oxygen atoms in total. The average molecular weight is 301 g/mol. The molecule has 1 aliphatic carbocycles. The third kappa shape index (κ3) is 2.33. The molecule has 21 heavy (non-hydrogen) atoms. The predicted octanol–water partition coefficient (Wildman–Crippen LogP) is 2.61. The van der Waals surface area contributed by atoms with Crippen LogP contribution in [0.5, 0.6) is 5.75 Å². The van der Waals surface area contributed by atoms with Crippen molar-refractivity contribution in [2.24, 2.45) is 0 Å². The molecule has 0 radical (unpaired) electrons. The van der Waals surface area contributed by atoms with Gasteiger partial charge in [-0.2, -0.15) is 9.61 Å². The zero-order chi connectivity index (χ0) is 14.2. The van der Waals surface area contributed by atoms with Crippen molar-refractivity contribution < 1.29 is 4.74 Å². The van der Waals surface area contributed by atoms with E-state index in [0.717, 1.165) is 27.2 Å². The summed E-state index contributed by atoms with van der Waals surface area (Å²) in [5, 5.41) is 13.9. The molecule has 108 valence electrons. The molecule has 0 amide bonds. The summed E-state index contributed by atoms with van der Waals surface area (Å²) in [4.78, 5) is 0.841. The molecule has 2 N–H and O–H groups in total. The summed E-state index contributed by atoms with van der Waals surface area (Å²) in [5.41, 5.74) is 6.38. The van der Waals surface area contributed by atoms with Gasteiger partial charge in [0.1, 0.15) is 12.4 Å². The number of benzene rings is 1. The molecule has 7 heteroatoms. The highest BCUT2D eigenvalue weighted by atomic mass is 32.1. The molecule has 1 aromatic carbocycles. The smallest absolute Gasteiger partial charge is 0.234 e. The zero-order valence-corrected chi connectivity index (χ0v) is 12.2. The van der Waals surface area contributed by atoms with E-state index < -0.39 is 0 Å². The Hall–Kier alpha value is -2.15. The number of nitrogen functional groups attached to an aromatic ring is 1. The summed E-state index contributed by atoms with van der Waals surface area (Å²) < 4.78 is 7.59. The maximum Gasteiger partial charge on any atom is 0.234 e. The summed E-state index contributed by atoms with van der Waals surface area (Å²) in [6.45, 7) is 0.433. The van der Waals surface area contributed by atoms with Crippen LogP contribution in [-0.2, 0) is 6.61 Å². The molecule has 0 saturated heterocycles. The van der Waals surface area contributed by atoms with Gasteiger partial charge in [0, 0.05) is 11.6 Å². The molecule has 4 rings (SSSR count). The van der Waals surface area contributed by atoms with E-state index in [9.17, 15) is 0 Å². The van der Waals surface area contributed by atoms with Gasteiger partial charge in [-0.25, -0.2) is 0 Å². The molecule has 1 fully saturated rings. The number of aromatic nitrogens is 4. The lowest BCUT2D eigenvalue weighted by Crippen LogP contribution is -2.13. The number of fused-ring (bicyclic) bond motifs is 1. The lowest BCUT2D eigenvalue weighted by molar-refractivity contribution is 0.303. The van der Waals surface area contributed by atoms with Crippen LogP contribution in [0.3, 0.4) is 0 Å². The molecule has 0 bridgehead atoms. The number of nitrogens with two attached hydrogens (primary N) is 1. The Morgan fingerprint density at radius 2 is 2.05 bits per heavy atom. The molecule has 0 atom stereocenters. The van der Waals surface area contributed by atoms with Crippen LogP contribution in [0.1, 0.15) is 36.0 Å². The van der Waals surface area contributed by atoms with Crippen LogP contribution in [0.15, 0.2) is 24.3 Å². The van der Waals surface area contributed by atoms with E-state index in [1.807, 2.05) is 28.8 Å². The van der Waals surface area contributed by atoms with E-state index >= 15 is 0 Å². The standard InChI is InChI=1S/C14H15N5OS/c15-10-4-6-11(7-5-10)20-8-12-18-19-13(9-2-1-3-9)16-17-14(19)21-12/h4-7,9H,1-3,8,15H2. The maximum absolute atomic E-state index is 5.72. The Kier molecular flexibility index (Phi) is 2.99. The highest BCUT2D eigenvalue weighted by Gasteiger charge is 2.26. The van der Waals surface area contributed by atoms with Crippen molar-refractivity contribution in [3.8, 4) is 5.75 Å². The van der Waals surface area contributed by atoms with Crippen molar-refractivity contribution in [1.82, 2.24) is 19.8 Å². The fraction of sp³-hybridized carbons (Fsp3) is 0.357. The minimum Gasteiger partial charge on any atom is -0.486 e. The quantitative estimate of drug-likeness (QED) is 0.749. The van der Waals surface area contributed by atoms with Crippen LogP contribution in [0.25, 0.3) is 4.96 Å². The van der Waals surface area contributed by atoms with Crippen LogP contribution in [0, 0.1) is 0 Å². The first-order valence-corrected chi connectivity index (χ1v) is 7.80. The summed E-state index contributed by atoms with van der Waals surface area (Å²) >= 11 is 1.52. The first-order valence-electron chi connectivity index (χ1n) is 6.99. The van der Waals surface area contributed by atoms with Crippen LogP contribution in [0.4, 0.5) is 5.69 Å². The van der Waals surface area contributed by atoms with Crippen molar-refractivity contribution in [3.05, 3.63) is 35.1 Å². The monoisotopic (exact) mass is 301 g/mol. The second-order valence-electron chi connectivity index (χ2n) is 5.23. The Balaban J connectivity index is 1.51. The van der Waals surface area contributed by atoms with Crippen molar-refractivity contribution in [1.29, 1.82) is 0 Å². The predicted molar refractivity (Wildman–Crippen MR) is 80.4 cm³/mol. The van der Waals surface area contributed by atoms with E-state index in [1.54, 1.807) is 0 Å². The van der Waals surface area contributed by atoms with Gasteiger partial charge in [-0.15, -0.1) is 10.2 Å². The maximum atomic E-state index is 5.72. The van der Waals surface area contributed by atoms with Gasteiger partial charge >= 0.3 is 0 Å². The van der Waals surface area contributed by atoms with Crippen LogP contribution >= 0.6 is 11.3 Å². The SMILES string of the molecule is Nc1ccc(OCc2nn3c(C4CCC4)nnc3s2)cc1. The van der Waals surface area contributed by atoms with Crippen LogP contribution in [0.2, 0.25) is 0 Å². The second-order valence-corrected chi connectivity index (χ2v) is 6.27. The molecule has 2 aromatic heterocycles. The van der Waals surface area contributed by atoms with Crippen molar-refractivity contribution >= 4 is 22.0 Å². The Morgan fingerprint density at radius 1 is 1.24 bits per heavy atom. The third-order valence-electron chi connectivity index (χ3n) is 3.77. The van der Waals surface area contributed by atoms with Gasteiger partial charge in [-0.1, -0.05) is 17.8 Å². The summed E-state index contributed by atoms with van der Waals surface area (Å²) in [7, 11) is 0. The van der Waals surface area contributed by atoms with Crippen LogP contribution in [-0.4, -0.2) is 19.8 Å². The van der Waals surface area contributed by atoms with Gasteiger partial charge in [0.25, 0.3) is 0 Å². The molecule has 1 saturated carbocycles. The largest absolute Gasteiger partial charge is 0.486 e. The number of hydrogen-bond acceptors (Lipinski definition) is 6. The number of nitrogens with zero attached hydrogens (tertiary/aromatic N) is 4. The van der Waals surface area contributed by atoms with E-state index in [1.165, 1.54) is 30.6 Å². The van der Waals surface area contributed by atoms with Gasteiger partial charge in [-0.05, 0) is 37.1 Å².